The van der Waals surface area contributed by atoms with Crippen molar-refractivity contribution in [3.8, 4) is 0 Å². The van der Waals surface area contributed by atoms with Crippen LogP contribution in [0.3, 0.4) is 0 Å². The Morgan fingerprint density at radius 3 is 2.46 bits per heavy atom. The number of benzene rings is 1. The van der Waals surface area contributed by atoms with Crippen LogP contribution in [-0.4, -0.2) is 48.9 Å². The second kappa shape index (κ2) is 7.79. The Balaban J connectivity index is 2.00. The number of nitrogens with two attached hydrogens (primary N) is 1. The zero-order valence-corrected chi connectivity index (χ0v) is 14.9. The normalized spacial score (nSPS) is 16.2. The number of esters is 1. The number of ether oxygens (including phenoxy) is 1. The number of primary amides is 1. The molecule has 0 spiro atoms. The molecular weight excluding hydrogens is 366 g/mol. The van der Waals surface area contributed by atoms with E-state index in [1.54, 1.807) is 0 Å². The highest BCUT2D eigenvalue weighted by Gasteiger charge is 2.30. The minimum absolute atomic E-state index is 0.0140. The third-order valence-electron chi connectivity index (χ3n) is 4.19. The van der Waals surface area contributed by atoms with Crippen LogP contribution in [0.15, 0.2) is 18.2 Å². The summed E-state index contributed by atoms with van der Waals surface area (Å²) in [6.07, 6.45) is 1.77. The van der Waals surface area contributed by atoms with Gasteiger partial charge in [0.05, 0.1) is 22.7 Å². The van der Waals surface area contributed by atoms with Gasteiger partial charge in [0, 0.05) is 24.7 Å². The Hall–Kier alpha value is -2.53. The van der Waals surface area contributed by atoms with Gasteiger partial charge in [-0.15, -0.1) is 0 Å². The van der Waals surface area contributed by atoms with Crippen LogP contribution in [0, 0.1) is 16.0 Å². The second-order valence-electron chi connectivity index (χ2n) is 6.01. The SMILES string of the molecule is CS(=O)(=O)N1CCC(C(=O)OCc2ccc(C(N)=O)cc2[N+](=O)[O-])CC1. The van der Waals surface area contributed by atoms with Gasteiger partial charge >= 0.3 is 5.97 Å². The number of nitrogens with zero attached hydrogens (tertiary/aromatic N) is 2. The molecule has 1 heterocycles. The van der Waals surface area contributed by atoms with Crippen LogP contribution in [0.4, 0.5) is 5.69 Å². The first-order valence-electron chi connectivity index (χ1n) is 7.78. The van der Waals surface area contributed by atoms with Crippen molar-refractivity contribution in [2.45, 2.75) is 19.4 Å². The van der Waals surface area contributed by atoms with Crippen molar-refractivity contribution >= 4 is 27.6 Å². The number of amides is 1. The highest BCUT2D eigenvalue weighted by atomic mass is 32.2. The Kier molecular flexibility index (Phi) is 5.93. The summed E-state index contributed by atoms with van der Waals surface area (Å²) in [5, 5.41) is 11.1. The molecule has 2 N–H and O–H groups in total. The summed E-state index contributed by atoms with van der Waals surface area (Å²) < 4.78 is 29.4. The van der Waals surface area contributed by atoms with E-state index in [-0.39, 0.29) is 36.5 Å². The molecule has 0 atom stereocenters. The molecule has 11 heteroatoms. The van der Waals surface area contributed by atoms with E-state index >= 15 is 0 Å². The minimum Gasteiger partial charge on any atom is -0.460 e. The van der Waals surface area contributed by atoms with E-state index in [1.807, 2.05) is 0 Å². The van der Waals surface area contributed by atoms with Gasteiger partial charge in [-0.25, -0.2) is 12.7 Å². The number of piperidine rings is 1. The molecule has 142 valence electrons. The number of hydrogen-bond donors (Lipinski definition) is 1. The molecule has 2 rings (SSSR count). The third kappa shape index (κ3) is 4.76. The smallest absolute Gasteiger partial charge is 0.309 e. The van der Waals surface area contributed by atoms with Crippen LogP contribution >= 0.6 is 0 Å². The molecule has 0 saturated carbocycles. The van der Waals surface area contributed by atoms with E-state index in [9.17, 15) is 28.1 Å². The Morgan fingerprint density at radius 2 is 1.96 bits per heavy atom. The predicted octanol–water partition coefficient (Wildman–Crippen LogP) is 0.408. The first-order chi connectivity index (χ1) is 12.1. The zero-order valence-electron chi connectivity index (χ0n) is 14.1. The number of sulfonamides is 1. The summed E-state index contributed by atoms with van der Waals surface area (Å²) in [6, 6.07) is 3.68. The van der Waals surface area contributed by atoms with Gasteiger partial charge in [0.15, 0.2) is 0 Å². The summed E-state index contributed by atoms with van der Waals surface area (Å²) in [6.45, 7) is 0.137. The fraction of sp³-hybridized carbons (Fsp3) is 0.467. The summed E-state index contributed by atoms with van der Waals surface area (Å²) in [4.78, 5) is 33.7. The van der Waals surface area contributed by atoms with Gasteiger partial charge < -0.3 is 10.5 Å². The lowest BCUT2D eigenvalue weighted by atomic mass is 9.98. The van der Waals surface area contributed by atoms with Gasteiger partial charge in [0.2, 0.25) is 15.9 Å². The summed E-state index contributed by atoms with van der Waals surface area (Å²) in [5.74, 6) is -1.79. The standard InChI is InChI=1S/C15H19N3O7S/c1-26(23,24)17-6-4-10(5-7-17)15(20)25-9-12-3-2-11(14(16)19)8-13(12)18(21)22/h2-3,8,10H,4-7,9H2,1H3,(H2,16,19). The van der Waals surface area contributed by atoms with Gasteiger partial charge in [-0.3, -0.25) is 19.7 Å². The van der Waals surface area contributed by atoms with E-state index < -0.39 is 32.7 Å². The Morgan fingerprint density at radius 1 is 1.35 bits per heavy atom. The van der Waals surface area contributed by atoms with Gasteiger partial charge in [0.1, 0.15) is 6.61 Å². The van der Waals surface area contributed by atoms with Gasteiger partial charge in [-0.05, 0) is 25.0 Å². The zero-order chi connectivity index (χ0) is 19.5. The average molecular weight is 385 g/mol. The van der Waals surface area contributed by atoms with Crippen LogP contribution < -0.4 is 5.73 Å². The summed E-state index contributed by atoms with van der Waals surface area (Å²) in [7, 11) is -3.29. The molecule has 1 aromatic rings. The van der Waals surface area contributed by atoms with Crippen molar-refractivity contribution in [1.29, 1.82) is 0 Å². The topological polar surface area (TPSA) is 150 Å². The van der Waals surface area contributed by atoms with E-state index in [4.69, 9.17) is 10.5 Å². The lowest BCUT2D eigenvalue weighted by molar-refractivity contribution is -0.385. The largest absolute Gasteiger partial charge is 0.460 e. The fourth-order valence-corrected chi connectivity index (χ4v) is 3.57. The molecule has 0 aliphatic carbocycles. The lowest BCUT2D eigenvalue weighted by Crippen LogP contribution is -2.40. The Labute approximate surface area is 150 Å². The van der Waals surface area contributed by atoms with Gasteiger partial charge in [-0.1, -0.05) is 0 Å². The molecule has 0 radical (unpaired) electrons. The molecule has 1 saturated heterocycles. The highest BCUT2D eigenvalue weighted by Crippen LogP contribution is 2.24. The van der Waals surface area contributed by atoms with Crippen LogP contribution in [0.25, 0.3) is 0 Å². The maximum Gasteiger partial charge on any atom is 0.309 e. The molecule has 0 aromatic heterocycles. The van der Waals surface area contributed by atoms with Gasteiger partial charge in [-0.2, -0.15) is 0 Å². The maximum atomic E-state index is 12.1. The van der Waals surface area contributed by atoms with E-state index in [0.29, 0.717) is 12.8 Å². The van der Waals surface area contributed by atoms with E-state index in [2.05, 4.69) is 0 Å². The summed E-state index contributed by atoms with van der Waals surface area (Å²) in [5.41, 5.74) is 4.87. The first-order valence-corrected chi connectivity index (χ1v) is 9.63. The molecular formula is C15H19N3O7S. The monoisotopic (exact) mass is 385 g/mol. The number of nitro groups is 1. The molecule has 0 unspecified atom stereocenters. The van der Waals surface area contributed by atoms with Crippen molar-refractivity contribution in [3.05, 3.63) is 39.4 Å². The van der Waals surface area contributed by atoms with Crippen molar-refractivity contribution in [1.82, 2.24) is 4.31 Å². The number of carbonyl (C=O) groups excluding carboxylic acids is 2. The van der Waals surface area contributed by atoms with Crippen LogP contribution in [-0.2, 0) is 26.2 Å². The number of nitro benzene ring substituents is 1. The lowest BCUT2D eigenvalue weighted by Gasteiger charge is -2.28. The van der Waals surface area contributed by atoms with Crippen molar-refractivity contribution in [2.24, 2.45) is 11.7 Å². The predicted molar refractivity (Wildman–Crippen MR) is 90.6 cm³/mol. The number of rotatable bonds is 6. The van der Waals surface area contributed by atoms with E-state index in [1.165, 1.54) is 16.4 Å². The fourth-order valence-electron chi connectivity index (χ4n) is 2.70. The second-order valence-corrected chi connectivity index (χ2v) is 7.99. The average Bonchev–Trinajstić information content (AvgIpc) is 2.58. The molecule has 1 aromatic carbocycles. The van der Waals surface area contributed by atoms with Crippen molar-refractivity contribution in [3.63, 3.8) is 0 Å². The highest BCUT2D eigenvalue weighted by molar-refractivity contribution is 7.88. The third-order valence-corrected chi connectivity index (χ3v) is 5.50. The molecule has 10 nitrogen and oxygen atoms in total. The molecule has 1 fully saturated rings. The van der Waals surface area contributed by atoms with Crippen molar-refractivity contribution in [2.75, 3.05) is 19.3 Å². The number of carbonyl (C=O) groups is 2. The molecule has 0 bridgehead atoms. The van der Waals surface area contributed by atoms with E-state index in [0.717, 1.165) is 12.3 Å². The van der Waals surface area contributed by atoms with Crippen LogP contribution in [0.2, 0.25) is 0 Å². The van der Waals surface area contributed by atoms with Gasteiger partial charge in [0.25, 0.3) is 5.69 Å². The summed E-state index contributed by atoms with van der Waals surface area (Å²) >= 11 is 0. The molecule has 1 aliphatic heterocycles. The molecule has 26 heavy (non-hydrogen) atoms. The molecule has 1 amide bonds. The molecule has 1 aliphatic rings. The number of hydrogen-bond acceptors (Lipinski definition) is 7. The quantitative estimate of drug-likeness (QED) is 0.423. The maximum absolute atomic E-state index is 12.1. The van der Waals surface area contributed by atoms with Crippen LogP contribution in [0.5, 0.6) is 0 Å². The minimum atomic E-state index is -3.29. The Bertz CT molecular complexity index is 830. The first kappa shape index (κ1) is 19.8. The van der Waals surface area contributed by atoms with Crippen molar-refractivity contribution < 1.29 is 27.7 Å². The van der Waals surface area contributed by atoms with Crippen LogP contribution in [0.1, 0.15) is 28.8 Å².